The van der Waals surface area contributed by atoms with E-state index < -0.39 is 21.8 Å². The number of benzene rings is 2. The molecule has 0 amide bonds. The average molecular weight is 517 g/mol. The van der Waals surface area contributed by atoms with Gasteiger partial charge < -0.3 is 9.15 Å². The fraction of sp³-hybridized carbons (Fsp3) is 0.208. The lowest BCUT2D eigenvalue weighted by molar-refractivity contribution is -0.137. The molecule has 5 rings (SSSR count). The lowest BCUT2D eigenvalue weighted by Gasteiger charge is -2.28. The first kappa shape index (κ1) is 23.8. The summed E-state index contributed by atoms with van der Waals surface area (Å²) < 4.78 is 79.6. The molecule has 36 heavy (non-hydrogen) atoms. The largest absolute Gasteiger partial charge is 0.493 e. The normalized spacial score (nSPS) is 15.7. The number of halogens is 3. The van der Waals surface area contributed by atoms with E-state index in [4.69, 9.17) is 9.15 Å². The minimum absolute atomic E-state index is 0.0414. The molecule has 0 aliphatic carbocycles. The van der Waals surface area contributed by atoms with Crippen LogP contribution in [0.5, 0.6) is 5.75 Å². The van der Waals surface area contributed by atoms with Crippen molar-refractivity contribution in [3.05, 3.63) is 83.8 Å². The summed E-state index contributed by atoms with van der Waals surface area (Å²) in [5, 5.41) is 0. The Morgan fingerprint density at radius 1 is 1.08 bits per heavy atom. The van der Waals surface area contributed by atoms with E-state index in [0.717, 1.165) is 12.1 Å². The SMILES string of the molecule is Cc1nc(-c2cc(C(F)(F)F)ccc2[C@H]2CCOc3cc(S(=O)(=O)Nc4ccncn4)ccc32)co1. The number of ether oxygens (including phenoxy) is 1. The third-order valence-corrected chi connectivity index (χ3v) is 7.16. The monoisotopic (exact) mass is 516 g/mol. The molecule has 186 valence electrons. The molecular formula is C24H19F3N4O4S. The number of oxazole rings is 1. The predicted molar refractivity (Wildman–Crippen MR) is 123 cm³/mol. The number of hydrogen-bond donors (Lipinski definition) is 1. The van der Waals surface area contributed by atoms with Crippen molar-refractivity contribution >= 4 is 15.8 Å². The van der Waals surface area contributed by atoms with Crippen LogP contribution in [0.3, 0.4) is 0 Å². The maximum absolute atomic E-state index is 13.5. The highest BCUT2D eigenvalue weighted by atomic mass is 32.2. The fourth-order valence-corrected chi connectivity index (χ4v) is 5.18. The Bertz CT molecular complexity index is 1520. The molecule has 4 aromatic rings. The Morgan fingerprint density at radius 2 is 1.89 bits per heavy atom. The van der Waals surface area contributed by atoms with Crippen LogP contribution < -0.4 is 9.46 Å². The number of aryl methyl sites for hydroxylation is 1. The number of hydrogen-bond acceptors (Lipinski definition) is 7. The van der Waals surface area contributed by atoms with Gasteiger partial charge in [0.25, 0.3) is 10.0 Å². The van der Waals surface area contributed by atoms with Crippen molar-refractivity contribution in [3.8, 4) is 17.0 Å². The van der Waals surface area contributed by atoms with Crippen molar-refractivity contribution in [2.75, 3.05) is 11.3 Å². The molecule has 12 heteroatoms. The molecule has 1 atom stereocenters. The van der Waals surface area contributed by atoms with Crippen molar-refractivity contribution in [1.82, 2.24) is 15.0 Å². The second-order valence-electron chi connectivity index (χ2n) is 8.14. The maximum atomic E-state index is 13.5. The van der Waals surface area contributed by atoms with Crippen molar-refractivity contribution in [2.45, 2.75) is 30.3 Å². The molecule has 8 nitrogen and oxygen atoms in total. The third-order valence-electron chi connectivity index (χ3n) is 5.81. The molecule has 0 bridgehead atoms. The van der Waals surface area contributed by atoms with E-state index in [2.05, 4.69) is 19.7 Å². The standard InChI is InChI=1S/C24H19F3N4O4S/c1-14-30-21(12-35-14)20-10-15(24(25,26)27)2-4-17(20)18-7-9-34-22-11-16(3-5-19(18)22)36(32,33)31-23-6-8-28-13-29-23/h2-6,8,10-13,18H,7,9H2,1H3,(H,28,29,31)/t18-/m1/s1. The van der Waals surface area contributed by atoms with Crippen LogP contribution in [-0.4, -0.2) is 30.0 Å². The van der Waals surface area contributed by atoms with Gasteiger partial charge in [0.1, 0.15) is 29.9 Å². The van der Waals surface area contributed by atoms with Crippen LogP contribution in [0.25, 0.3) is 11.3 Å². The van der Waals surface area contributed by atoms with Gasteiger partial charge in [-0.25, -0.2) is 23.4 Å². The zero-order valence-electron chi connectivity index (χ0n) is 18.8. The zero-order chi connectivity index (χ0) is 25.5. The molecule has 0 fully saturated rings. The Morgan fingerprint density at radius 3 is 2.58 bits per heavy atom. The first-order chi connectivity index (χ1) is 17.1. The topological polar surface area (TPSA) is 107 Å². The molecule has 1 aliphatic rings. The Hall–Kier alpha value is -3.93. The number of anilines is 1. The number of aromatic nitrogens is 3. The zero-order valence-corrected chi connectivity index (χ0v) is 19.6. The number of alkyl halides is 3. The van der Waals surface area contributed by atoms with Crippen LogP contribution in [0.2, 0.25) is 0 Å². The quantitative estimate of drug-likeness (QED) is 0.390. The smallest absolute Gasteiger partial charge is 0.416 e. The van der Waals surface area contributed by atoms with Gasteiger partial charge in [-0.05, 0) is 36.2 Å². The minimum atomic E-state index is -4.53. The van der Waals surface area contributed by atoms with E-state index in [0.29, 0.717) is 34.8 Å². The lowest BCUT2D eigenvalue weighted by Crippen LogP contribution is -2.18. The van der Waals surface area contributed by atoms with Gasteiger partial charge in [-0.3, -0.25) is 4.72 Å². The van der Waals surface area contributed by atoms with Crippen LogP contribution in [-0.2, 0) is 16.2 Å². The van der Waals surface area contributed by atoms with Crippen molar-refractivity contribution in [1.29, 1.82) is 0 Å². The predicted octanol–water partition coefficient (Wildman–Crippen LogP) is 5.17. The first-order valence-corrected chi connectivity index (χ1v) is 12.3. The number of fused-ring (bicyclic) bond motifs is 1. The molecule has 0 radical (unpaired) electrons. The Kier molecular flexibility index (Phi) is 5.91. The van der Waals surface area contributed by atoms with E-state index in [1.165, 1.54) is 43.1 Å². The molecule has 0 unspecified atom stereocenters. The summed E-state index contributed by atoms with van der Waals surface area (Å²) in [6, 6.07) is 9.38. The van der Waals surface area contributed by atoms with Gasteiger partial charge in [0.15, 0.2) is 5.89 Å². The fourth-order valence-electron chi connectivity index (χ4n) is 4.15. The summed E-state index contributed by atoms with van der Waals surface area (Å²) in [4.78, 5) is 11.8. The Labute approximate surface area is 204 Å². The molecule has 2 aromatic heterocycles. The van der Waals surface area contributed by atoms with Crippen molar-refractivity contribution < 1.29 is 30.7 Å². The van der Waals surface area contributed by atoms with Crippen LogP contribution in [0.4, 0.5) is 19.0 Å². The van der Waals surface area contributed by atoms with Crippen LogP contribution in [0, 0.1) is 6.92 Å². The van der Waals surface area contributed by atoms with Crippen LogP contribution >= 0.6 is 0 Å². The molecular weight excluding hydrogens is 497 g/mol. The average Bonchev–Trinajstić information content (AvgIpc) is 3.29. The number of nitrogens with one attached hydrogen (secondary N) is 1. The summed E-state index contributed by atoms with van der Waals surface area (Å²) in [6.07, 6.45) is -0.101. The number of rotatable bonds is 5. The minimum Gasteiger partial charge on any atom is -0.493 e. The van der Waals surface area contributed by atoms with Gasteiger partial charge in [-0.1, -0.05) is 12.1 Å². The van der Waals surface area contributed by atoms with Crippen LogP contribution in [0.1, 0.15) is 34.9 Å². The lowest BCUT2D eigenvalue weighted by atomic mass is 9.83. The highest BCUT2D eigenvalue weighted by Crippen LogP contribution is 2.44. The molecule has 0 saturated heterocycles. The van der Waals surface area contributed by atoms with E-state index in [1.807, 2.05) is 0 Å². The molecule has 0 spiro atoms. The number of sulfonamides is 1. The summed E-state index contributed by atoms with van der Waals surface area (Å²) >= 11 is 0. The van der Waals surface area contributed by atoms with Crippen LogP contribution in [0.15, 0.2) is 70.6 Å². The van der Waals surface area contributed by atoms with Gasteiger partial charge in [0.05, 0.1) is 17.1 Å². The summed E-state index contributed by atoms with van der Waals surface area (Å²) in [6.45, 7) is 1.86. The summed E-state index contributed by atoms with van der Waals surface area (Å²) in [7, 11) is -3.97. The summed E-state index contributed by atoms with van der Waals surface area (Å²) in [5.41, 5.74) is 1.04. The van der Waals surface area contributed by atoms with Gasteiger partial charge in [0.2, 0.25) is 0 Å². The third kappa shape index (κ3) is 4.63. The van der Waals surface area contributed by atoms with Crippen molar-refractivity contribution in [2.24, 2.45) is 0 Å². The van der Waals surface area contributed by atoms with E-state index in [9.17, 15) is 21.6 Å². The molecule has 2 aromatic carbocycles. The van der Waals surface area contributed by atoms with Gasteiger partial charge >= 0.3 is 6.18 Å². The molecule has 3 heterocycles. The highest BCUT2D eigenvalue weighted by Gasteiger charge is 2.34. The number of nitrogens with zero attached hydrogens (tertiary/aromatic N) is 3. The van der Waals surface area contributed by atoms with Gasteiger partial charge in [0, 0.05) is 36.2 Å². The second-order valence-corrected chi connectivity index (χ2v) is 9.82. The van der Waals surface area contributed by atoms with Gasteiger partial charge in [-0.15, -0.1) is 0 Å². The van der Waals surface area contributed by atoms with E-state index in [1.54, 1.807) is 13.0 Å². The van der Waals surface area contributed by atoms with Gasteiger partial charge in [-0.2, -0.15) is 13.2 Å². The maximum Gasteiger partial charge on any atom is 0.416 e. The molecule has 0 saturated carbocycles. The first-order valence-electron chi connectivity index (χ1n) is 10.8. The molecule has 1 N–H and O–H groups in total. The summed E-state index contributed by atoms with van der Waals surface area (Å²) in [5.74, 6) is 0.416. The highest BCUT2D eigenvalue weighted by molar-refractivity contribution is 7.92. The van der Waals surface area contributed by atoms with E-state index in [-0.39, 0.29) is 28.9 Å². The van der Waals surface area contributed by atoms with E-state index >= 15 is 0 Å². The second kappa shape index (κ2) is 8.94. The van der Waals surface area contributed by atoms with Crippen molar-refractivity contribution in [3.63, 3.8) is 0 Å². The molecule has 1 aliphatic heterocycles. The Balaban J connectivity index is 1.55.